The minimum absolute atomic E-state index is 0.114. The number of benzene rings is 1. The molecule has 1 aliphatic heterocycles. The smallest absolute Gasteiger partial charge is 0.412 e. The van der Waals surface area contributed by atoms with Gasteiger partial charge in [-0.15, -0.1) is 11.8 Å². The molecule has 1 aromatic rings. The molecule has 1 saturated heterocycles. The van der Waals surface area contributed by atoms with Gasteiger partial charge >= 0.3 is 12.1 Å². The minimum atomic E-state index is -1.11. The molecule has 0 aromatic heterocycles. The van der Waals surface area contributed by atoms with E-state index in [9.17, 15) is 19.8 Å². The molecule has 132 valence electrons. The van der Waals surface area contributed by atoms with Crippen LogP contribution in [0.2, 0.25) is 0 Å². The van der Waals surface area contributed by atoms with Crippen molar-refractivity contribution < 1.29 is 29.3 Å². The Hall–Kier alpha value is -2.09. The number of carbonyl (C=O) groups is 2. The lowest BCUT2D eigenvalue weighted by atomic mass is 10.1. The maximum Gasteiger partial charge on any atom is 0.412 e. The van der Waals surface area contributed by atoms with Crippen molar-refractivity contribution in [1.82, 2.24) is 4.90 Å². The number of carbonyl (C=O) groups excluding carboxylic acids is 1. The van der Waals surface area contributed by atoms with Crippen LogP contribution in [0.25, 0.3) is 0 Å². The number of phenolic OH excluding ortho intramolecular Hbond substituents is 1. The van der Waals surface area contributed by atoms with Crippen LogP contribution in [-0.4, -0.2) is 51.7 Å². The predicted molar refractivity (Wildman–Crippen MR) is 89.4 cm³/mol. The molecular formula is C16H21NO6S. The van der Waals surface area contributed by atoms with Gasteiger partial charge < -0.3 is 19.7 Å². The summed E-state index contributed by atoms with van der Waals surface area (Å²) in [4.78, 5) is 25.2. The van der Waals surface area contributed by atoms with Crippen LogP contribution in [0.15, 0.2) is 18.2 Å². The molecular weight excluding hydrogens is 334 g/mol. The molecule has 0 saturated carbocycles. The molecule has 2 N–H and O–H groups in total. The zero-order chi connectivity index (χ0) is 18.1. The molecule has 1 fully saturated rings. The fourth-order valence-corrected chi connectivity index (χ4v) is 3.81. The Labute approximate surface area is 144 Å². The lowest BCUT2D eigenvalue weighted by Gasteiger charge is -2.30. The first-order valence-electron chi connectivity index (χ1n) is 7.37. The quantitative estimate of drug-likeness (QED) is 0.860. The van der Waals surface area contributed by atoms with Crippen molar-refractivity contribution in [3.63, 3.8) is 0 Å². The summed E-state index contributed by atoms with van der Waals surface area (Å²) in [6, 6.07) is 3.87. The highest BCUT2D eigenvalue weighted by Crippen LogP contribution is 2.47. The number of rotatable bonds is 3. The highest BCUT2D eigenvalue weighted by atomic mass is 32.2. The number of aliphatic carboxylic acids is 1. The summed E-state index contributed by atoms with van der Waals surface area (Å²) in [5.74, 6) is -0.762. The van der Waals surface area contributed by atoms with Gasteiger partial charge in [0.25, 0.3) is 0 Å². The van der Waals surface area contributed by atoms with Gasteiger partial charge in [-0.3, -0.25) is 4.90 Å². The zero-order valence-corrected chi connectivity index (χ0v) is 14.8. The van der Waals surface area contributed by atoms with E-state index in [2.05, 4.69) is 0 Å². The summed E-state index contributed by atoms with van der Waals surface area (Å²) >= 11 is 1.26. The summed E-state index contributed by atoms with van der Waals surface area (Å²) in [6.45, 7) is 5.13. The number of thioether (sulfide) groups is 1. The van der Waals surface area contributed by atoms with E-state index in [1.54, 1.807) is 39.0 Å². The fraction of sp³-hybridized carbons (Fsp3) is 0.500. The SMILES string of the molecule is COc1cccc(C2SCC(C(=O)O)N2C(=O)OC(C)(C)C)c1O. The predicted octanol–water partition coefficient (Wildman–Crippen LogP) is 2.84. The number of amides is 1. The number of ether oxygens (including phenoxy) is 2. The molecule has 0 bridgehead atoms. The Bertz CT molecular complexity index is 642. The normalized spacial score (nSPS) is 20.8. The Kier molecular flexibility index (Phi) is 5.17. The molecule has 2 unspecified atom stereocenters. The molecule has 8 heteroatoms. The maximum absolute atomic E-state index is 12.5. The molecule has 1 aromatic carbocycles. The first-order chi connectivity index (χ1) is 11.2. The molecule has 7 nitrogen and oxygen atoms in total. The van der Waals surface area contributed by atoms with Crippen molar-refractivity contribution in [2.24, 2.45) is 0 Å². The number of carboxylic acid groups (broad SMARTS) is 1. The number of nitrogens with zero attached hydrogens (tertiary/aromatic N) is 1. The molecule has 2 atom stereocenters. The third-order valence-electron chi connectivity index (χ3n) is 3.41. The van der Waals surface area contributed by atoms with Crippen molar-refractivity contribution >= 4 is 23.8 Å². The highest BCUT2D eigenvalue weighted by molar-refractivity contribution is 7.99. The van der Waals surface area contributed by atoms with E-state index in [0.29, 0.717) is 5.56 Å². The van der Waals surface area contributed by atoms with Crippen LogP contribution in [0, 0.1) is 0 Å². The summed E-state index contributed by atoms with van der Waals surface area (Å²) in [5, 5.41) is 19.1. The topological polar surface area (TPSA) is 96.3 Å². The van der Waals surface area contributed by atoms with Gasteiger partial charge in [0.15, 0.2) is 11.5 Å². The average molecular weight is 355 g/mol. The summed E-state index contributed by atoms with van der Waals surface area (Å²) in [7, 11) is 1.42. The molecule has 2 rings (SSSR count). The average Bonchev–Trinajstić information content (AvgIpc) is 2.90. The lowest BCUT2D eigenvalue weighted by Crippen LogP contribution is -2.45. The second-order valence-electron chi connectivity index (χ2n) is 6.33. The van der Waals surface area contributed by atoms with Gasteiger partial charge in [0, 0.05) is 11.3 Å². The van der Waals surface area contributed by atoms with Gasteiger partial charge in [-0.1, -0.05) is 12.1 Å². The van der Waals surface area contributed by atoms with E-state index < -0.39 is 29.1 Å². The standard InChI is InChI=1S/C16H21NO6S/c1-16(2,3)23-15(21)17-10(14(19)20)8-24-13(17)9-6-5-7-11(22-4)12(9)18/h5-7,10,13,18H,8H2,1-4H3,(H,19,20). The minimum Gasteiger partial charge on any atom is -0.504 e. The van der Waals surface area contributed by atoms with Crippen LogP contribution in [0.5, 0.6) is 11.5 Å². The van der Waals surface area contributed by atoms with E-state index in [1.165, 1.54) is 18.9 Å². The van der Waals surface area contributed by atoms with E-state index in [0.717, 1.165) is 4.90 Å². The number of carboxylic acids is 1. The fourth-order valence-electron chi connectivity index (χ4n) is 2.38. The number of hydrogen-bond donors (Lipinski definition) is 2. The first kappa shape index (κ1) is 18.3. The van der Waals surface area contributed by atoms with Crippen molar-refractivity contribution in [3.05, 3.63) is 23.8 Å². The van der Waals surface area contributed by atoms with Crippen molar-refractivity contribution in [1.29, 1.82) is 0 Å². The van der Waals surface area contributed by atoms with Gasteiger partial charge in [0.1, 0.15) is 17.0 Å². The van der Waals surface area contributed by atoms with Gasteiger partial charge in [0.05, 0.1) is 7.11 Å². The molecule has 1 heterocycles. The molecule has 0 radical (unpaired) electrons. The second-order valence-corrected chi connectivity index (χ2v) is 7.44. The Morgan fingerprint density at radius 3 is 2.54 bits per heavy atom. The third-order valence-corrected chi connectivity index (χ3v) is 4.71. The van der Waals surface area contributed by atoms with Crippen molar-refractivity contribution in [2.45, 2.75) is 37.8 Å². The monoisotopic (exact) mass is 355 g/mol. The summed E-state index contributed by atoms with van der Waals surface area (Å²) < 4.78 is 10.4. The second kappa shape index (κ2) is 6.80. The van der Waals surface area contributed by atoms with Crippen molar-refractivity contribution in [3.8, 4) is 11.5 Å². The van der Waals surface area contributed by atoms with E-state index in [1.807, 2.05) is 0 Å². The maximum atomic E-state index is 12.5. The van der Waals surface area contributed by atoms with Crippen LogP contribution in [0.1, 0.15) is 31.7 Å². The number of hydrogen-bond acceptors (Lipinski definition) is 6. The van der Waals surface area contributed by atoms with E-state index >= 15 is 0 Å². The highest BCUT2D eigenvalue weighted by Gasteiger charge is 2.45. The van der Waals surface area contributed by atoms with Gasteiger partial charge in [-0.2, -0.15) is 0 Å². The molecule has 0 aliphatic carbocycles. The number of methoxy groups -OCH3 is 1. The molecule has 1 aliphatic rings. The first-order valence-corrected chi connectivity index (χ1v) is 8.42. The molecule has 1 amide bonds. The Balaban J connectivity index is 2.41. The van der Waals surface area contributed by atoms with Crippen LogP contribution < -0.4 is 4.74 Å². The third kappa shape index (κ3) is 3.69. The largest absolute Gasteiger partial charge is 0.504 e. The van der Waals surface area contributed by atoms with Crippen LogP contribution in [0.4, 0.5) is 4.79 Å². The van der Waals surface area contributed by atoms with Crippen molar-refractivity contribution in [2.75, 3.05) is 12.9 Å². The lowest BCUT2D eigenvalue weighted by molar-refractivity contribution is -0.142. The van der Waals surface area contributed by atoms with E-state index in [-0.39, 0.29) is 17.3 Å². The number of aromatic hydroxyl groups is 1. The Morgan fingerprint density at radius 1 is 1.33 bits per heavy atom. The molecule has 24 heavy (non-hydrogen) atoms. The van der Waals surface area contributed by atoms with E-state index in [4.69, 9.17) is 9.47 Å². The van der Waals surface area contributed by atoms with Crippen LogP contribution >= 0.6 is 11.8 Å². The van der Waals surface area contributed by atoms with Crippen LogP contribution in [0.3, 0.4) is 0 Å². The van der Waals surface area contributed by atoms with Gasteiger partial charge in [0.2, 0.25) is 0 Å². The van der Waals surface area contributed by atoms with Gasteiger partial charge in [-0.25, -0.2) is 9.59 Å². The number of para-hydroxylation sites is 1. The molecule has 0 spiro atoms. The Morgan fingerprint density at radius 2 is 2.00 bits per heavy atom. The summed E-state index contributed by atoms with van der Waals surface area (Å²) in [6.07, 6.45) is -0.730. The summed E-state index contributed by atoms with van der Waals surface area (Å²) in [5.41, 5.74) is -0.345. The number of phenols is 1. The van der Waals surface area contributed by atoms with Crippen LogP contribution in [-0.2, 0) is 9.53 Å². The zero-order valence-electron chi connectivity index (χ0n) is 14.0. The van der Waals surface area contributed by atoms with Gasteiger partial charge in [-0.05, 0) is 26.8 Å².